The SMILES string of the molecule is C/C=C/C[C@@H](C)[C@@H](O)[C@H]1C(=O)N[C@@H](CC)C(=O)N(C)C(C(=O)OC)C(=O)N(C)[C@@H](C(C)CC)C(=O)N[C@@H](C(C)C)C(=O)N(C)[C@@H](CC(C)C)C(=O)N[C@@H](C)C(=O)N[C@H](C)C(=O)N(C)[C@@H](CC(C)C)C(=O)N(C)[C@@H](CC(C)C)C(=O)N(C)[C@@H](C(C)C)C(=O)N1C. The maximum absolute atomic E-state index is 15.2. The van der Waals surface area contributed by atoms with Gasteiger partial charge in [0, 0.05) is 49.3 Å². The third-order valence-corrected chi connectivity index (χ3v) is 17.1. The Bertz CT molecular complexity index is 2490. The van der Waals surface area contributed by atoms with E-state index in [1.807, 2.05) is 41.5 Å². The topological polar surface area (TPSA) is 305 Å². The Balaban J connectivity index is 4.51. The molecule has 0 radical (unpaired) electrons. The van der Waals surface area contributed by atoms with Gasteiger partial charge in [0.05, 0.1) is 13.2 Å². The van der Waals surface area contributed by atoms with Crippen LogP contribution in [0.1, 0.15) is 156 Å². The standard InChI is InChI=1S/C64H113N11O14/c1-26-29-30-40(15)52(76)50-56(80)67-43(28-3)58(82)75(24)51(64(88)89-25)63(87)73(22)49(39(14)27-2)55(79)68-47(37(10)11)61(85)69(18)44(31-34(4)5)54(78)65-41(16)53(77)66-42(17)57(81)70(19)45(32-35(6)7)59(83)71(20)46(33-36(8)9)60(84)72(21)48(38(12)13)62(86)74(50)23/h26,29,34-52,76H,27-28,30-33H2,1-25H3,(H,65,78)(H,66,77)(H,67,80)(H,68,79)/b29-26+/t39?,40-,41+,42-,43+,44+,45+,46+,47+,48+,49+,50+,51?,52-/m1/s1. The highest BCUT2D eigenvalue weighted by Gasteiger charge is 2.48. The average molecular weight is 1260 g/mol. The van der Waals surface area contributed by atoms with E-state index in [1.54, 1.807) is 74.5 Å². The van der Waals surface area contributed by atoms with Crippen LogP contribution < -0.4 is 21.3 Å². The number of amides is 11. The van der Waals surface area contributed by atoms with Crippen LogP contribution in [0.25, 0.3) is 0 Å². The van der Waals surface area contributed by atoms with E-state index in [9.17, 15) is 53.1 Å². The van der Waals surface area contributed by atoms with E-state index in [1.165, 1.54) is 75.7 Å². The minimum absolute atomic E-state index is 0.113. The molecule has 0 aromatic rings. The average Bonchev–Trinajstić information content (AvgIpc) is 1.22. The molecule has 1 aliphatic heterocycles. The van der Waals surface area contributed by atoms with Crippen molar-refractivity contribution in [1.29, 1.82) is 0 Å². The largest absolute Gasteiger partial charge is 0.467 e. The number of aliphatic hydroxyl groups excluding tert-OH is 1. The number of allylic oxidation sites excluding steroid dienone is 2. The summed E-state index contributed by atoms with van der Waals surface area (Å²) >= 11 is 0. The van der Waals surface area contributed by atoms with Gasteiger partial charge in [0.25, 0.3) is 5.91 Å². The fourth-order valence-electron chi connectivity index (χ4n) is 11.2. The van der Waals surface area contributed by atoms with Crippen LogP contribution in [-0.2, 0) is 62.3 Å². The Morgan fingerprint density at radius 2 is 0.933 bits per heavy atom. The van der Waals surface area contributed by atoms with E-state index in [0.717, 1.165) is 28.9 Å². The van der Waals surface area contributed by atoms with Gasteiger partial charge < -0.3 is 65.4 Å². The van der Waals surface area contributed by atoms with Crippen LogP contribution in [0.4, 0.5) is 0 Å². The zero-order valence-electron chi connectivity index (χ0n) is 58.3. The van der Waals surface area contributed by atoms with Gasteiger partial charge in [0.15, 0.2) is 0 Å². The van der Waals surface area contributed by atoms with Crippen molar-refractivity contribution in [1.82, 2.24) is 55.6 Å². The number of carbonyl (C=O) groups excluding carboxylic acids is 12. The van der Waals surface area contributed by atoms with Crippen molar-refractivity contribution in [2.24, 2.45) is 41.4 Å². The van der Waals surface area contributed by atoms with E-state index >= 15 is 9.59 Å². The van der Waals surface area contributed by atoms with Crippen LogP contribution in [0.15, 0.2) is 12.2 Å². The Labute approximate surface area is 530 Å². The minimum Gasteiger partial charge on any atom is -0.467 e. The van der Waals surface area contributed by atoms with Crippen molar-refractivity contribution in [3.63, 3.8) is 0 Å². The molecule has 25 nitrogen and oxygen atoms in total. The van der Waals surface area contributed by atoms with Crippen molar-refractivity contribution < 1.29 is 67.4 Å². The first kappa shape index (κ1) is 80.4. The molecule has 11 amide bonds. The third kappa shape index (κ3) is 21.2. The summed E-state index contributed by atoms with van der Waals surface area (Å²) in [6, 6.07) is -15.3. The van der Waals surface area contributed by atoms with Gasteiger partial charge in [-0.3, -0.25) is 52.7 Å². The lowest BCUT2D eigenvalue weighted by Gasteiger charge is -2.41. The molecule has 0 spiro atoms. The third-order valence-electron chi connectivity index (χ3n) is 17.1. The molecule has 14 atom stereocenters. The number of esters is 1. The number of rotatable bonds is 16. The van der Waals surface area contributed by atoms with Crippen LogP contribution in [-0.4, -0.2) is 239 Å². The molecule has 25 heteroatoms. The number of likely N-dealkylation sites (N-methyl/N-ethyl adjacent to an activating group) is 7. The van der Waals surface area contributed by atoms with Gasteiger partial charge >= 0.3 is 5.97 Å². The normalized spacial score (nSPS) is 27.3. The van der Waals surface area contributed by atoms with Crippen LogP contribution in [0.2, 0.25) is 0 Å². The Hall–Kier alpha value is -6.66. The summed E-state index contributed by atoms with van der Waals surface area (Å²) in [4.78, 5) is 184. The molecule has 2 unspecified atom stereocenters. The number of ether oxygens (including phenoxy) is 1. The van der Waals surface area contributed by atoms with Crippen LogP contribution in [0, 0.1) is 41.4 Å². The number of methoxy groups -OCH3 is 1. The lowest BCUT2D eigenvalue weighted by molar-refractivity contribution is -0.162. The fraction of sp³-hybridized carbons (Fsp3) is 0.781. The number of hydrogen-bond donors (Lipinski definition) is 5. The van der Waals surface area contributed by atoms with Crippen molar-refractivity contribution in [2.45, 2.75) is 229 Å². The first-order valence-electron chi connectivity index (χ1n) is 31.6. The predicted molar refractivity (Wildman–Crippen MR) is 339 cm³/mol. The number of carbonyl (C=O) groups is 12. The van der Waals surface area contributed by atoms with Crippen LogP contribution in [0.5, 0.6) is 0 Å². The second-order valence-electron chi connectivity index (χ2n) is 26.4. The molecule has 0 bridgehead atoms. The zero-order valence-corrected chi connectivity index (χ0v) is 58.3. The highest BCUT2D eigenvalue weighted by Crippen LogP contribution is 2.26. The first-order chi connectivity index (χ1) is 41.1. The summed E-state index contributed by atoms with van der Waals surface area (Å²) in [6.07, 6.45) is 2.73. The molecule has 508 valence electrons. The van der Waals surface area contributed by atoms with Crippen molar-refractivity contribution in [2.75, 3.05) is 56.4 Å². The van der Waals surface area contributed by atoms with E-state index < -0.39 is 167 Å². The van der Waals surface area contributed by atoms with Gasteiger partial charge in [-0.15, -0.1) is 0 Å². The Kier molecular flexibility index (Phi) is 32.7. The van der Waals surface area contributed by atoms with E-state index in [4.69, 9.17) is 4.74 Å². The summed E-state index contributed by atoms with van der Waals surface area (Å²) in [5.74, 6) is -12.9. The van der Waals surface area contributed by atoms with E-state index in [0.29, 0.717) is 6.42 Å². The number of hydrogen-bond acceptors (Lipinski definition) is 14. The molecule has 0 aromatic heterocycles. The maximum Gasteiger partial charge on any atom is 0.338 e. The monoisotopic (exact) mass is 1260 g/mol. The van der Waals surface area contributed by atoms with Crippen molar-refractivity contribution in [3.05, 3.63) is 12.2 Å². The molecule has 5 N–H and O–H groups in total. The van der Waals surface area contributed by atoms with Gasteiger partial charge in [-0.05, 0) is 94.3 Å². The predicted octanol–water partition coefficient (Wildman–Crippen LogP) is 2.81. The van der Waals surface area contributed by atoms with Gasteiger partial charge in [-0.1, -0.05) is 116 Å². The van der Waals surface area contributed by atoms with Crippen molar-refractivity contribution >= 4 is 70.9 Å². The molecule has 1 aliphatic rings. The smallest absolute Gasteiger partial charge is 0.338 e. The summed E-state index contributed by atoms with van der Waals surface area (Å²) in [7, 11) is 10.4. The maximum atomic E-state index is 15.2. The minimum atomic E-state index is -2.04. The van der Waals surface area contributed by atoms with Gasteiger partial charge in [0.1, 0.15) is 60.4 Å². The summed E-state index contributed by atoms with van der Waals surface area (Å²) in [5, 5.41) is 23.0. The Morgan fingerprint density at radius 1 is 0.494 bits per heavy atom. The first-order valence-corrected chi connectivity index (χ1v) is 31.6. The molecule has 0 saturated carbocycles. The second kappa shape index (κ2) is 36.3. The zero-order chi connectivity index (χ0) is 69.1. The molecule has 0 aromatic carbocycles. The number of aliphatic hydroxyl groups is 1. The molecule has 1 heterocycles. The van der Waals surface area contributed by atoms with Crippen molar-refractivity contribution in [3.8, 4) is 0 Å². The van der Waals surface area contributed by atoms with E-state index in [2.05, 4.69) is 21.3 Å². The van der Waals surface area contributed by atoms with E-state index in [-0.39, 0.29) is 49.9 Å². The molecule has 89 heavy (non-hydrogen) atoms. The molecule has 1 rings (SSSR count). The highest BCUT2D eigenvalue weighted by atomic mass is 16.5. The summed E-state index contributed by atoms with van der Waals surface area (Å²) < 4.78 is 5.09. The molecular formula is C64H113N11O14. The molecule has 0 aliphatic carbocycles. The van der Waals surface area contributed by atoms with Gasteiger partial charge in [0.2, 0.25) is 65.1 Å². The number of nitrogens with zero attached hydrogens (tertiary/aromatic N) is 7. The van der Waals surface area contributed by atoms with Gasteiger partial charge in [-0.2, -0.15) is 0 Å². The summed E-state index contributed by atoms with van der Waals surface area (Å²) in [5.41, 5.74) is 0. The van der Waals surface area contributed by atoms with Crippen LogP contribution in [0.3, 0.4) is 0 Å². The Morgan fingerprint density at radius 3 is 1.38 bits per heavy atom. The lowest BCUT2D eigenvalue weighted by atomic mass is 9.91. The molecule has 1 saturated heterocycles. The fourth-order valence-corrected chi connectivity index (χ4v) is 11.2. The summed E-state index contributed by atoms with van der Waals surface area (Å²) in [6.45, 7) is 29.1. The second-order valence-corrected chi connectivity index (χ2v) is 26.4. The number of nitrogens with one attached hydrogen (secondary N) is 4. The quantitative estimate of drug-likeness (QED) is 0.0844. The van der Waals surface area contributed by atoms with Gasteiger partial charge in [-0.25, -0.2) is 4.79 Å². The van der Waals surface area contributed by atoms with Crippen LogP contribution >= 0.6 is 0 Å². The lowest BCUT2D eigenvalue weighted by Crippen LogP contribution is -2.64. The molecular weight excluding hydrogens is 1150 g/mol. The highest BCUT2D eigenvalue weighted by molar-refractivity contribution is 6.07. The molecule has 1 fully saturated rings.